The number of likely N-dealkylation sites (N-methyl/N-ethyl adjacent to an activating group) is 2. The third-order valence-corrected chi connectivity index (χ3v) is 8.32. The largest absolute Gasteiger partial charge is 0.349 e. The number of carbonyl (C=O) groups excluding carboxylic acids is 4. The van der Waals surface area contributed by atoms with Gasteiger partial charge in [-0.15, -0.1) is 11.3 Å². The van der Waals surface area contributed by atoms with Gasteiger partial charge in [0.1, 0.15) is 5.82 Å². The maximum Gasteiger partial charge on any atom is 0.315 e. The zero-order chi connectivity index (χ0) is 27.6. The molecule has 13 heteroatoms. The topological polar surface area (TPSA) is 128 Å². The van der Waals surface area contributed by atoms with Crippen LogP contribution in [0.2, 0.25) is 5.02 Å². The van der Waals surface area contributed by atoms with Crippen LogP contribution in [0, 0.1) is 5.92 Å². The second-order valence-corrected chi connectivity index (χ2v) is 11.5. The predicted octanol–water partition coefficient (Wildman–Crippen LogP) is 1.63. The molecule has 204 valence electrons. The number of hydrogen-bond donors (Lipinski definition) is 2. The molecular weight excluding hydrogens is 530 g/mol. The number of halogens is 1. The van der Waals surface area contributed by atoms with E-state index in [1.165, 1.54) is 40.4 Å². The first-order valence-corrected chi connectivity index (χ1v) is 13.6. The van der Waals surface area contributed by atoms with Crippen LogP contribution in [0.4, 0.5) is 5.82 Å². The molecule has 2 aromatic heterocycles. The third kappa shape index (κ3) is 6.30. The fourth-order valence-corrected chi connectivity index (χ4v) is 6.15. The summed E-state index contributed by atoms with van der Waals surface area (Å²) in [6.07, 6.45) is 3.48. The molecule has 1 saturated carbocycles. The molecule has 0 unspecified atom stereocenters. The fourth-order valence-electron chi connectivity index (χ4n) is 4.94. The van der Waals surface area contributed by atoms with Crippen molar-refractivity contribution >= 4 is 52.4 Å². The number of nitrogens with one attached hydrogen (secondary N) is 2. The fraction of sp³-hybridized carbons (Fsp3) is 0.520. The molecule has 3 atom stereocenters. The summed E-state index contributed by atoms with van der Waals surface area (Å²) in [6, 6.07) is 2.04. The molecule has 0 aromatic carbocycles. The molecule has 4 amide bonds. The summed E-state index contributed by atoms with van der Waals surface area (Å²) in [4.78, 5) is 66.5. The van der Waals surface area contributed by atoms with Gasteiger partial charge in [0.2, 0.25) is 5.91 Å². The maximum absolute atomic E-state index is 13.3. The summed E-state index contributed by atoms with van der Waals surface area (Å²) >= 11 is 7.21. The highest BCUT2D eigenvalue weighted by Gasteiger charge is 2.40. The lowest BCUT2D eigenvalue weighted by Crippen LogP contribution is -2.57. The average molecular weight is 562 g/mol. The highest BCUT2D eigenvalue weighted by atomic mass is 35.5. The van der Waals surface area contributed by atoms with E-state index in [9.17, 15) is 19.2 Å². The lowest BCUT2D eigenvalue weighted by Gasteiger charge is -2.40. The minimum absolute atomic E-state index is 0.0315. The Morgan fingerprint density at radius 2 is 1.92 bits per heavy atom. The first kappa shape index (κ1) is 27.9. The average Bonchev–Trinajstić information content (AvgIpc) is 3.32. The first-order valence-electron chi connectivity index (χ1n) is 12.4. The maximum atomic E-state index is 13.3. The number of amides is 4. The van der Waals surface area contributed by atoms with Crippen LogP contribution in [0.25, 0.3) is 0 Å². The minimum Gasteiger partial charge on any atom is -0.349 e. The van der Waals surface area contributed by atoms with E-state index < -0.39 is 23.9 Å². The summed E-state index contributed by atoms with van der Waals surface area (Å²) < 4.78 is 0. The molecule has 38 heavy (non-hydrogen) atoms. The predicted molar refractivity (Wildman–Crippen MR) is 144 cm³/mol. The lowest BCUT2D eigenvalue weighted by molar-refractivity contribution is -0.145. The second-order valence-electron chi connectivity index (χ2n) is 10.00. The van der Waals surface area contributed by atoms with Crippen molar-refractivity contribution < 1.29 is 19.2 Å². The van der Waals surface area contributed by atoms with E-state index in [0.717, 1.165) is 30.1 Å². The number of hydrogen-bond acceptors (Lipinski definition) is 8. The van der Waals surface area contributed by atoms with Gasteiger partial charge in [-0.25, -0.2) is 9.97 Å². The summed E-state index contributed by atoms with van der Waals surface area (Å²) in [5.41, 5.74) is 0.943. The minimum atomic E-state index is -0.851. The zero-order valence-electron chi connectivity index (χ0n) is 21.9. The Morgan fingerprint density at radius 1 is 1.16 bits per heavy atom. The van der Waals surface area contributed by atoms with E-state index in [1.807, 2.05) is 7.05 Å². The van der Waals surface area contributed by atoms with E-state index in [1.54, 1.807) is 20.2 Å². The van der Waals surface area contributed by atoms with Gasteiger partial charge in [0.15, 0.2) is 5.01 Å². The number of anilines is 1. The van der Waals surface area contributed by atoms with Crippen molar-refractivity contribution in [2.75, 3.05) is 40.1 Å². The van der Waals surface area contributed by atoms with Crippen molar-refractivity contribution in [3.8, 4) is 0 Å². The van der Waals surface area contributed by atoms with Gasteiger partial charge in [-0.1, -0.05) is 11.6 Å². The Bertz CT molecular complexity index is 1220. The summed E-state index contributed by atoms with van der Waals surface area (Å²) in [7, 11) is 6.96. The van der Waals surface area contributed by atoms with E-state index in [-0.39, 0.29) is 23.6 Å². The van der Waals surface area contributed by atoms with Crippen molar-refractivity contribution in [1.29, 1.82) is 0 Å². The zero-order valence-corrected chi connectivity index (χ0v) is 23.4. The molecule has 4 rings (SSSR count). The second kappa shape index (κ2) is 11.7. The first-order chi connectivity index (χ1) is 18.0. The Labute approximate surface area is 230 Å². The smallest absolute Gasteiger partial charge is 0.315 e. The van der Waals surface area contributed by atoms with E-state index in [4.69, 9.17) is 11.6 Å². The van der Waals surface area contributed by atoms with Crippen LogP contribution >= 0.6 is 22.9 Å². The van der Waals surface area contributed by atoms with Crippen molar-refractivity contribution in [2.24, 2.45) is 5.92 Å². The van der Waals surface area contributed by atoms with Crippen LogP contribution in [0.3, 0.4) is 0 Å². The lowest BCUT2D eigenvalue weighted by atomic mass is 9.80. The normalized spacial score (nSPS) is 21.2. The van der Waals surface area contributed by atoms with Gasteiger partial charge in [-0.05, 0) is 38.4 Å². The van der Waals surface area contributed by atoms with Crippen molar-refractivity contribution in [2.45, 2.75) is 44.3 Å². The van der Waals surface area contributed by atoms with E-state index in [0.29, 0.717) is 29.3 Å². The molecule has 0 spiro atoms. The van der Waals surface area contributed by atoms with Gasteiger partial charge in [-0.2, -0.15) is 0 Å². The molecule has 1 fully saturated rings. The number of fused-ring (bicyclic) bond motifs is 1. The van der Waals surface area contributed by atoms with E-state index >= 15 is 0 Å². The quantitative estimate of drug-likeness (QED) is 0.531. The van der Waals surface area contributed by atoms with Crippen molar-refractivity contribution in [3.63, 3.8) is 0 Å². The number of thiazole rings is 1. The number of carbonyl (C=O) groups is 4. The highest BCUT2D eigenvalue weighted by Crippen LogP contribution is 2.30. The Kier molecular flexibility index (Phi) is 8.64. The van der Waals surface area contributed by atoms with Gasteiger partial charge >= 0.3 is 11.8 Å². The van der Waals surface area contributed by atoms with Crippen LogP contribution in [0.5, 0.6) is 0 Å². The summed E-state index contributed by atoms with van der Waals surface area (Å²) in [6.45, 7) is 1.64. The number of aromatic nitrogens is 2. The summed E-state index contributed by atoms with van der Waals surface area (Å²) in [5, 5.41) is 6.29. The summed E-state index contributed by atoms with van der Waals surface area (Å²) in [5.74, 6) is -2.09. The van der Waals surface area contributed by atoms with Gasteiger partial charge in [0.25, 0.3) is 5.91 Å². The molecule has 0 radical (unpaired) electrons. The molecular formula is C25H32ClN7O4S. The SMILES string of the molecule is CN1CCc2nc(C(=O)N[C@@H]3C[C@@H](C(=O)N(C)C)CC[C@@H]3N(C)C(=O)C(=O)Nc3ccc(Cl)cn3)sc2C1. The Balaban J connectivity index is 1.50. The molecule has 1 aliphatic carbocycles. The van der Waals surface area contributed by atoms with Crippen LogP contribution in [0.1, 0.15) is 39.6 Å². The molecule has 0 bridgehead atoms. The highest BCUT2D eigenvalue weighted by molar-refractivity contribution is 7.13. The number of pyridine rings is 1. The standard InChI is InChI=1S/C25H32ClN7O4S/c1-31(2)24(36)14-5-7-18(33(4)25(37)22(35)30-20-8-6-15(26)12-27-20)17(11-14)28-21(34)23-29-16-9-10-32(3)13-19(16)38-23/h6,8,12,14,17-18H,5,7,9-11,13H2,1-4H3,(H,28,34)(H,27,30,35)/t14-,17+,18-/m0/s1. The van der Waals surface area contributed by atoms with Gasteiger partial charge < -0.3 is 25.3 Å². The van der Waals surface area contributed by atoms with Crippen LogP contribution in [-0.2, 0) is 27.3 Å². The number of nitrogens with zero attached hydrogens (tertiary/aromatic N) is 5. The molecule has 2 aromatic rings. The van der Waals surface area contributed by atoms with Gasteiger partial charge in [0.05, 0.1) is 22.8 Å². The molecule has 1 aliphatic heterocycles. The van der Waals surface area contributed by atoms with Crippen LogP contribution < -0.4 is 10.6 Å². The molecule has 11 nitrogen and oxygen atoms in total. The van der Waals surface area contributed by atoms with Crippen LogP contribution in [0.15, 0.2) is 18.3 Å². The molecule has 2 aliphatic rings. The van der Waals surface area contributed by atoms with Crippen molar-refractivity contribution in [3.05, 3.63) is 38.9 Å². The molecule has 2 N–H and O–H groups in total. The van der Waals surface area contributed by atoms with Crippen molar-refractivity contribution in [1.82, 2.24) is 30.0 Å². The molecule has 0 saturated heterocycles. The third-order valence-electron chi connectivity index (χ3n) is 7.02. The van der Waals surface area contributed by atoms with Gasteiger partial charge in [0, 0.05) is 57.6 Å². The van der Waals surface area contributed by atoms with Crippen LogP contribution in [-0.4, -0.2) is 95.1 Å². The molecule has 3 heterocycles. The monoisotopic (exact) mass is 561 g/mol. The van der Waals surface area contributed by atoms with E-state index in [2.05, 4.69) is 25.5 Å². The number of rotatable bonds is 5. The van der Waals surface area contributed by atoms with Gasteiger partial charge in [-0.3, -0.25) is 19.2 Å². The Morgan fingerprint density at radius 3 is 2.61 bits per heavy atom. The Hall–Kier alpha value is -3.09.